The third-order valence-corrected chi connectivity index (χ3v) is 5.45. The van der Waals surface area contributed by atoms with Crippen molar-refractivity contribution in [1.29, 1.82) is 0 Å². The van der Waals surface area contributed by atoms with E-state index in [9.17, 15) is 0 Å². The molecule has 1 fully saturated rings. The number of hydrogen-bond donors (Lipinski definition) is 0. The van der Waals surface area contributed by atoms with Gasteiger partial charge in [-0.1, -0.05) is 84.0 Å². The lowest BCUT2D eigenvalue weighted by atomic mass is 9.97. The predicted molar refractivity (Wildman–Crippen MR) is 102 cm³/mol. The van der Waals surface area contributed by atoms with Gasteiger partial charge >= 0.3 is 0 Å². The maximum absolute atomic E-state index is 6.20. The van der Waals surface area contributed by atoms with Gasteiger partial charge in [-0.25, -0.2) is 0 Å². The van der Waals surface area contributed by atoms with E-state index in [0.29, 0.717) is 12.1 Å². The molecule has 1 saturated carbocycles. The Bertz CT molecular complexity index is 248. The molecule has 0 saturated heterocycles. The average molecular weight is 326 g/mol. The number of unbranched alkanes of at least 4 members (excludes halogenated alkanes) is 8. The van der Waals surface area contributed by atoms with Crippen LogP contribution in [0.4, 0.5) is 0 Å². The molecule has 2 nitrogen and oxygen atoms in total. The molecule has 0 amide bonds. The lowest BCUT2D eigenvalue weighted by Crippen LogP contribution is -2.34. The lowest BCUT2D eigenvalue weighted by Gasteiger charge is -2.28. The van der Waals surface area contributed by atoms with Crippen LogP contribution in [0.25, 0.3) is 0 Å². The molecule has 0 N–H and O–H groups in total. The van der Waals surface area contributed by atoms with E-state index in [1.54, 1.807) is 0 Å². The van der Waals surface area contributed by atoms with Crippen molar-refractivity contribution < 1.29 is 4.74 Å². The fraction of sp³-hybridized carbons (Fsp3) is 1.00. The van der Waals surface area contributed by atoms with Crippen LogP contribution in [0, 0.1) is 0 Å². The Hall–Kier alpha value is -0.0800. The average Bonchev–Trinajstić information content (AvgIpc) is 2.56. The molecule has 0 radical (unpaired) electrons. The van der Waals surface area contributed by atoms with Gasteiger partial charge in [-0.3, -0.25) is 0 Å². The minimum absolute atomic E-state index is 0.550. The summed E-state index contributed by atoms with van der Waals surface area (Å²) in [6, 6.07) is 0.612. The first-order valence-corrected chi connectivity index (χ1v) is 10.5. The Morgan fingerprint density at radius 3 is 1.96 bits per heavy atom. The van der Waals surface area contributed by atoms with Crippen LogP contribution in [0.5, 0.6) is 0 Å². The number of rotatable bonds is 14. The molecule has 2 heteroatoms. The molecule has 0 aromatic rings. The lowest BCUT2D eigenvalue weighted by molar-refractivity contribution is -0.00216. The zero-order valence-electron chi connectivity index (χ0n) is 16.3. The van der Waals surface area contributed by atoms with E-state index < -0.39 is 0 Å². The molecule has 1 aliphatic rings. The number of likely N-dealkylation sites (N-methyl/N-ethyl adjacent to an activating group) is 1. The molecular formula is C21H43NO. The van der Waals surface area contributed by atoms with Crippen LogP contribution in [0.15, 0.2) is 0 Å². The van der Waals surface area contributed by atoms with E-state index in [2.05, 4.69) is 25.9 Å². The maximum Gasteiger partial charge on any atom is 0.0625 e. The zero-order valence-corrected chi connectivity index (χ0v) is 16.3. The van der Waals surface area contributed by atoms with E-state index in [0.717, 1.165) is 6.61 Å². The Balaban J connectivity index is 1.99. The highest BCUT2D eigenvalue weighted by molar-refractivity contribution is 4.70. The minimum Gasteiger partial charge on any atom is -0.377 e. The van der Waals surface area contributed by atoms with Crippen LogP contribution in [-0.2, 0) is 4.74 Å². The summed E-state index contributed by atoms with van der Waals surface area (Å²) in [7, 11) is 4.42. The molecule has 23 heavy (non-hydrogen) atoms. The smallest absolute Gasteiger partial charge is 0.0625 e. The largest absolute Gasteiger partial charge is 0.377 e. The van der Waals surface area contributed by atoms with E-state index in [-0.39, 0.29) is 0 Å². The maximum atomic E-state index is 6.20. The SMILES string of the molecule is CCCCCCCCCCCC(COC1CCCCC1)N(C)C. The molecule has 1 aliphatic carbocycles. The quantitative estimate of drug-likeness (QED) is 0.353. The van der Waals surface area contributed by atoms with Gasteiger partial charge in [0, 0.05) is 6.04 Å². The van der Waals surface area contributed by atoms with Crippen LogP contribution >= 0.6 is 0 Å². The molecule has 0 aromatic carbocycles. The van der Waals surface area contributed by atoms with Crippen LogP contribution in [0.3, 0.4) is 0 Å². The first-order valence-electron chi connectivity index (χ1n) is 10.5. The Kier molecular flexibility index (Phi) is 13.0. The number of nitrogens with zero attached hydrogens (tertiary/aromatic N) is 1. The van der Waals surface area contributed by atoms with E-state index in [1.807, 2.05) is 0 Å². The first kappa shape index (κ1) is 21.0. The van der Waals surface area contributed by atoms with Gasteiger partial charge in [0.15, 0.2) is 0 Å². The van der Waals surface area contributed by atoms with Crippen molar-refractivity contribution >= 4 is 0 Å². The van der Waals surface area contributed by atoms with Gasteiger partial charge in [0.2, 0.25) is 0 Å². The number of ether oxygens (including phenoxy) is 1. The molecule has 0 bridgehead atoms. The molecule has 1 unspecified atom stereocenters. The Morgan fingerprint density at radius 2 is 1.39 bits per heavy atom. The summed E-state index contributed by atoms with van der Waals surface area (Å²) >= 11 is 0. The van der Waals surface area contributed by atoms with Gasteiger partial charge in [0.25, 0.3) is 0 Å². The van der Waals surface area contributed by atoms with Gasteiger partial charge in [-0.05, 0) is 33.4 Å². The summed E-state index contributed by atoms with van der Waals surface area (Å²) in [6.07, 6.45) is 21.3. The highest BCUT2D eigenvalue weighted by Crippen LogP contribution is 2.21. The molecule has 0 aliphatic heterocycles. The molecular weight excluding hydrogens is 282 g/mol. The molecule has 0 spiro atoms. The van der Waals surface area contributed by atoms with Crippen molar-refractivity contribution in [3.63, 3.8) is 0 Å². The molecule has 0 heterocycles. The second kappa shape index (κ2) is 14.3. The van der Waals surface area contributed by atoms with Crippen molar-refractivity contribution in [1.82, 2.24) is 4.90 Å². The minimum atomic E-state index is 0.550. The van der Waals surface area contributed by atoms with Crippen molar-refractivity contribution in [2.45, 2.75) is 115 Å². The highest BCUT2D eigenvalue weighted by Gasteiger charge is 2.17. The third-order valence-electron chi connectivity index (χ3n) is 5.45. The predicted octanol–water partition coefficient (Wildman–Crippen LogP) is 6.19. The fourth-order valence-corrected chi connectivity index (χ4v) is 3.66. The summed E-state index contributed by atoms with van der Waals surface area (Å²) < 4.78 is 6.20. The summed E-state index contributed by atoms with van der Waals surface area (Å²) in [4.78, 5) is 2.37. The van der Waals surface area contributed by atoms with E-state index >= 15 is 0 Å². The van der Waals surface area contributed by atoms with Crippen LogP contribution in [-0.4, -0.2) is 37.7 Å². The van der Waals surface area contributed by atoms with Crippen molar-refractivity contribution in [3.8, 4) is 0 Å². The summed E-state index contributed by atoms with van der Waals surface area (Å²) in [6.45, 7) is 3.23. The van der Waals surface area contributed by atoms with Crippen molar-refractivity contribution in [2.75, 3.05) is 20.7 Å². The van der Waals surface area contributed by atoms with Gasteiger partial charge in [0.05, 0.1) is 12.7 Å². The molecule has 0 aromatic heterocycles. The summed E-state index contributed by atoms with van der Waals surface area (Å²) in [5.74, 6) is 0. The standard InChI is InChI=1S/C21H43NO/c1-4-5-6-7-8-9-10-11-13-16-20(22(2)3)19-23-21-17-14-12-15-18-21/h20-21H,4-19H2,1-3H3. The monoisotopic (exact) mass is 325 g/mol. The van der Waals surface area contributed by atoms with Crippen molar-refractivity contribution in [2.24, 2.45) is 0 Å². The first-order chi connectivity index (χ1) is 11.2. The van der Waals surface area contributed by atoms with Gasteiger partial charge in [-0.15, -0.1) is 0 Å². The van der Waals surface area contributed by atoms with E-state index in [1.165, 1.54) is 96.3 Å². The molecule has 1 atom stereocenters. The zero-order chi connectivity index (χ0) is 16.8. The number of hydrogen-bond acceptors (Lipinski definition) is 2. The van der Waals surface area contributed by atoms with Crippen LogP contribution < -0.4 is 0 Å². The van der Waals surface area contributed by atoms with Gasteiger partial charge < -0.3 is 9.64 Å². The topological polar surface area (TPSA) is 12.5 Å². The van der Waals surface area contributed by atoms with Crippen molar-refractivity contribution in [3.05, 3.63) is 0 Å². The molecule has 138 valence electrons. The third kappa shape index (κ3) is 11.2. The van der Waals surface area contributed by atoms with Gasteiger partial charge in [-0.2, -0.15) is 0 Å². The second-order valence-electron chi connectivity index (χ2n) is 7.83. The summed E-state index contributed by atoms with van der Waals surface area (Å²) in [5.41, 5.74) is 0. The van der Waals surface area contributed by atoms with Gasteiger partial charge in [0.1, 0.15) is 0 Å². The van der Waals surface area contributed by atoms with Crippen LogP contribution in [0.2, 0.25) is 0 Å². The fourth-order valence-electron chi connectivity index (χ4n) is 3.66. The van der Waals surface area contributed by atoms with Crippen LogP contribution in [0.1, 0.15) is 103 Å². The normalized spacial score (nSPS) is 17.7. The summed E-state index contributed by atoms with van der Waals surface area (Å²) in [5, 5.41) is 0. The molecule has 1 rings (SSSR count). The highest BCUT2D eigenvalue weighted by atomic mass is 16.5. The Morgan fingerprint density at radius 1 is 0.826 bits per heavy atom. The Labute approximate surface area is 146 Å². The second-order valence-corrected chi connectivity index (χ2v) is 7.83. The van der Waals surface area contributed by atoms with E-state index in [4.69, 9.17) is 4.74 Å².